The van der Waals surface area contributed by atoms with Crippen molar-refractivity contribution in [3.8, 4) is 0 Å². The molecule has 0 aromatic heterocycles. The van der Waals surface area contributed by atoms with Crippen LogP contribution in [-0.2, 0) is 16.3 Å². The van der Waals surface area contributed by atoms with E-state index in [0.717, 1.165) is 11.1 Å². The summed E-state index contributed by atoms with van der Waals surface area (Å²) in [5.41, 5.74) is 1.98. The Morgan fingerprint density at radius 2 is 1.75 bits per heavy atom. The van der Waals surface area contributed by atoms with E-state index in [-0.39, 0.29) is 21.7 Å². The van der Waals surface area contributed by atoms with Crippen molar-refractivity contribution in [1.29, 1.82) is 0 Å². The number of rotatable bonds is 5. The van der Waals surface area contributed by atoms with Crippen LogP contribution in [0.3, 0.4) is 0 Å². The van der Waals surface area contributed by atoms with Gasteiger partial charge in [0.2, 0.25) is 0 Å². The molecule has 2 N–H and O–H groups in total. The van der Waals surface area contributed by atoms with E-state index < -0.39 is 27.0 Å². The maximum Gasteiger partial charge on any atom is 0.337 e. The van der Waals surface area contributed by atoms with Gasteiger partial charge in [0.25, 0.3) is 5.91 Å². The molecule has 1 atom stereocenters. The van der Waals surface area contributed by atoms with Gasteiger partial charge in [-0.25, -0.2) is 13.2 Å². The van der Waals surface area contributed by atoms with Gasteiger partial charge in [-0.3, -0.25) is 4.79 Å². The van der Waals surface area contributed by atoms with Crippen LogP contribution in [0, 0.1) is 0 Å². The predicted octanol–water partition coefficient (Wildman–Crippen LogP) is 5.51. The van der Waals surface area contributed by atoms with Crippen LogP contribution in [0.5, 0.6) is 0 Å². The Hall–Kier alpha value is -2.68. The lowest BCUT2D eigenvalue weighted by molar-refractivity contribution is 0.0698. The molecule has 0 saturated carbocycles. The number of fused-ring (bicyclic) bond motifs is 1. The van der Waals surface area contributed by atoms with Gasteiger partial charge in [-0.2, -0.15) is 0 Å². The van der Waals surface area contributed by atoms with Crippen LogP contribution in [0.25, 0.3) is 0 Å². The normalized spacial score (nSPS) is 15.2. The van der Waals surface area contributed by atoms with Crippen molar-refractivity contribution in [3.63, 3.8) is 0 Å². The summed E-state index contributed by atoms with van der Waals surface area (Å²) < 4.78 is 27.0. The summed E-state index contributed by atoms with van der Waals surface area (Å²) in [6.07, 6.45) is 1.14. The molecule has 1 amide bonds. The van der Waals surface area contributed by atoms with Crippen molar-refractivity contribution in [2.45, 2.75) is 23.0 Å². The molecule has 3 aromatic carbocycles. The van der Waals surface area contributed by atoms with E-state index in [4.69, 9.17) is 11.6 Å². The first-order valence-electron chi connectivity index (χ1n) is 9.63. The lowest BCUT2D eigenvalue weighted by Gasteiger charge is -2.14. The molecular formula is C23H17BrClNO5S. The Kier molecular flexibility index (Phi) is 6.11. The van der Waals surface area contributed by atoms with E-state index in [9.17, 15) is 23.1 Å². The predicted molar refractivity (Wildman–Crippen MR) is 125 cm³/mol. The fraction of sp³-hybridized carbons (Fsp3) is 0.130. The second-order valence-electron chi connectivity index (χ2n) is 7.39. The first-order chi connectivity index (χ1) is 15.2. The van der Waals surface area contributed by atoms with Gasteiger partial charge in [0, 0.05) is 15.1 Å². The molecule has 4 rings (SSSR count). The Morgan fingerprint density at radius 1 is 1.03 bits per heavy atom. The molecule has 0 spiro atoms. The van der Waals surface area contributed by atoms with Crippen molar-refractivity contribution >= 4 is 54.9 Å². The van der Waals surface area contributed by atoms with Gasteiger partial charge in [0.05, 0.1) is 21.4 Å². The van der Waals surface area contributed by atoms with Crippen LogP contribution < -0.4 is 5.32 Å². The third-order valence-electron chi connectivity index (χ3n) is 5.41. The number of nitrogens with one attached hydrogen (secondary N) is 1. The molecule has 6 nitrogen and oxygen atoms in total. The molecule has 164 valence electrons. The van der Waals surface area contributed by atoms with E-state index in [1.807, 2.05) is 6.07 Å². The number of aromatic carboxylic acids is 1. The quantitative estimate of drug-likeness (QED) is 0.449. The van der Waals surface area contributed by atoms with Crippen LogP contribution in [0.4, 0.5) is 5.69 Å². The maximum atomic E-state index is 13.2. The molecular weight excluding hydrogens is 518 g/mol. The Labute approximate surface area is 198 Å². The minimum Gasteiger partial charge on any atom is -0.478 e. The summed E-state index contributed by atoms with van der Waals surface area (Å²) in [6.45, 7) is 0. The number of carboxylic acids is 1. The monoisotopic (exact) mass is 533 g/mol. The largest absolute Gasteiger partial charge is 0.478 e. The molecule has 0 saturated heterocycles. The maximum absolute atomic E-state index is 13.2. The lowest BCUT2D eigenvalue weighted by atomic mass is 10.1. The third kappa shape index (κ3) is 4.30. The number of hydrogen-bond donors (Lipinski definition) is 2. The standard InChI is InChI=1S/C23H17BrClNO5S/c24-15-5-9-20(19(11-15)23(28)29)26-22(27)14-2-7-17(8-3-14)32(30,31)21-10-4-13-1-6-16(25)12-18(13)21/h1-3,5-9,11-12,21H,4,10H2,(H,26,27)(H,28,29). The molecule has 32 heavy (non-hydrogen) atoms. The number of carboxylic acid groups (broad SMARTS) is 1. The zero-order chi connectivity index (χ0) is 23.0. The molecule has 9 heteroatoms. The Morgan fingerprint density at radius 3 is 2.44 bits per heavy atom. The molecule has 0 aliphatic heterocycles. The number of benzene rings is 3. The second kappa shape index (κ2) is 8.69. The number of carbonyl (C=O) groups is 2. The lowest BCUT2D eigenvalue weighted by Crippen LogP contribution is -2.15. The topological polar surface area (TPSA) is 101 Å². The minimum absolute atomic E-state index is 0.0644. The zero-order valence-electron chi connectivity index (χ0n) is 16.5. The molecule has 1 unspecified atom stereocenters. The summed E-state index contributed by atoms with van der Waals surface area (Å²) in [5.74, 6) is -1.73. The number of halogens is 2. The first kappa shape index (κ1) is 22.5. The molecule has 3 aromatic rings. The van der Waals surface area contributed by atoms with E-state index in [0.29, 0.717) is 22.3 Å². The van der Waals surface area contributed by atoms with Crippen LogP contribution in [0.2, 0.25) is 5.02 Å². The third-order valence-corrected chi connectivity index (χ3v) is 8.31. The average molecular weight is 535 g/mol. The van der Waals surface area contributed by atoms with Gasteiger partial charge in [-0.05, 0) is 78.6 Å². The average Bonchev–Trinajstić information content (AvgIpc) is 3.18. The number of amides is 1. The van der Waals surface area contributed by atoms with Crippen molar-refractivity contribution in [2.75, 3.05) is 5.32 Å². The van der Waals surface area contributed by atoms with Crippen molar-refractivity contribution in [2.24, 2.45) is 0 Å². The van der Waals surface area contributed by atoms with Gasteiger partial charge in [0.1, 0.15) is 0 Å². The van der Waals surface area contributed by atoms with Gasteiger partial charge in [0.15, 0.2) is 9.84 Å². The van der Waals surface area contributed by atoms with Crippen LogP contribution in [0.1, 0.15) is 43.5 Å². The summed E-state index contributed by atoms with van der Waals surface area (Å²) in [6, 6.07) is 15.4. The summed E-state index contributed by atoms with van der Waals surface area (Å²) in [4.78, 5) is 24.2. The molecule has 0 bridgehead atoms. The number of hydrogen-bond acceptors (Lipinski definition) is 4. The Balaban J connectivity index is 1.57. The molecule has 0 radical (unpaired) electrons. The van der Waals surface area contributed by atoms with E-state index in [1.54, 1.807) is 18.2 Å². The smallest absolute Gasteiger partial charge is 0.337 e. The summed E-state index contributed by atoms with van der Waals surface area (Å²) in [7, 11) is -3.67. The van der Waals surface area contributed by atoms with Crippen molar-refractivity contribution < 1.29 is 23.1 Å². The van der Waals surface area contributed by atoms with E-state index in [1.165, 1.54) is 36.4 Å². The van der Waals surface area contributed by atoms with Gasteiger partial charge in [-0.15, -0.1) is 0 Å². The van der Waals surface area contributed by atoms with Gasteiger partial charge in [-0.1, -0.05) is 33.6 Å². The second-order valence-corrected chi connectivity index (χ2v) is 10.9. The molecule has 1 aliphatic carbocycles. The highest BCUT2D eigenvalue weighted by Crippen LogP contribution is 2.41. The Bertz CT molecular complexity index is 1340. The highest BCUT2D eigenvalue weighted by molar-refractivity contribution is 9.10. The highest BCUT2D eigenvalue weighted by atomic mass is 79.9. The minimum atomic E-state index is -3.67. The number of carbonyl (C=O) groups excluding carboxylic acids is 1. The summed E-state index contributed by atoms with van der Waals surface area (Å²) in [5, 5.41) is 11.7. The highest BCUT2D eigenvalue weighted by Gasteiger charge is 2.34. The number of sulfone groups is 1. The van der Waals surface area contributed by atoms with Crippen molar-refractivity contribution in [3.05, 3.63) is 92.4 Å². The van der Waals surface area contributed by atoms with Crippen LogP contribution in [0.15, 0.2) is 70.0 Å². The summed E-state index contributed by atoms with van der Waals surface area (Å²) >= 11 is 9.27. The number of aryl methyl sites for hydroxylation is 1. The van der Waals surface area contributed by atoms with Gasteiger partial charge < -0.3 is 10.4 Å². The zero-order valence-corrected chi connectivity index (χ0v) is 19.7. The fourth-order valence-electron chi connectivity index (χ4n) is 3.81. The van der Waals surface area contributed by atoms with Crippen molar-refractivity contribution in [1.82, 2.24) is 0 Å². The SMILES string of the molecule is O=C(Nc1ccc(Br)cc1C(=O)O)c1ccc(S(=O)(=O)C2CCc3ccc(Cl)cc32)cc1. The number of anilines is 1. The first-order valence-corrected chi connectivity index (χ1v) is 12.3. The molecule has 1 aliphatic rings. The fourth-order valence-corrected chi connectivity index (χ4v) is 6.18. The van der Waals surface area contributed by atoms with E-state index in [2.05, 4.69) is 21.2 Å². The van der Waals surface area contributed by atoms with Crippen LogP contribution >= 0.6 is 27.5 Å². The van der Waals surface area contributed by atoms with Crippen LogP contribution in [-0.4, -0.2) is 25.4 Å². The van der Waals surface area contributed by atoms with E-state index >= 15 is 0 Å². The molecule has 0 fully saturated rings. The van der Waals surface area contributed by atoms with Gasteiger partial charge >= 0.3 is 5.97 Å². The molecule has 0 heterocycles.